The van der Waals surface area contributed by atoms with E-state index in [2.05, 4.69) is 30.8 Å². The number of piperidine rings is 1. The van der Waals surface area contributed by atoms with Gasteiger partial charge in [0.1, 0.15) is 23.2 Å². The van der Waals surface area contributed by atoms with Gasteiger partial charge in [0.05, 0.1) is 24.2 Å². The molecule has 11 nitrogen and oxygen atoms in total. The fraction of sp³-hybridized carbons (Fsp3) is 0.577. The summed E-state index contributed by atoms with van der Waals surface area (Å²) in [7, 11) is -0.0853. The molecule has 2 atom stereocenters. The number of ether oxygens (including phenoxy) is 2. The zero-order chi connectivity index (χ0) is 30.7. The Kier molecular flexibility index (Phi) is 9.77. The number of hydrogen-bond donors (Lipinski definition) is 3. The van der Waals surface area contributed by atoms with Gasteiger partial charge in [-0.05, 0) is 58.3 Å². The van der Waals surface area contributed by atoms with Crippen molar-refractivity contribution in [2.24, 2.45) is 0 Å². The average molecular weight is 619 g/mol. The summed E-state index contributed by atoms with van der Waals surface area (Å²) in [5.74, 6) is -2.89. The van der Waals surface area contributed by atoms with Crippen molar-refractivity contribution < 1.29 is 40.2 Å². The number of nitrogens with one attached hydrogen (secondary N) is 3. The first-order valence-electron chi connectivity index (χ1n) is 13.4. The van der Waals surface area contributed by atoms with Crippen LogP contribution in [0.25, 0.3) is 0 Å². The fourth-order valence-electron chi connectivity index (χ4n) is 4.94. The number of likely N-dealkylation sites (tertiary alicyclic amines) is 1. The van der Waals surface area contributed by atoms with E-state index in [1.165, 1.54) is 13.2 Å². The number of hydrogen-bond acceptors (Lipinski definition) is 10. The van der Waals surface area contributed by atoms with E-state index < -0.39 is 51.3 Å². The largest absolute Gasteiger partial charge is 0.495 e. The van der Waals surface area contributed by atoms with Crippen molar-refractivity contribution in [2.75, 3.05) is 44.7 Å². The lowest BCUT2D eigenvalue weighted by Crippen LogP contribution is -2.43. The maximum absolute atomic E-state index is 15.1. The molecule has 3 N–H and O–H groups in total. The number of nitrogens with zero attached hydrogens (tertiary/aromatic N) is 3. The van der Waals surface area contributed by atoms with E-state index in [1.54, 1.807) is 0 Å². The maximum Gasteiger partial charge on any atom is 0.423 e. The van der Waals surface area contributed by atoms with E-state index in [4.69, 9.17) is 9.47 Å². The third kappa shape index (κ3) is 8.19. The standard InChI is InChI=1S/C26H34F4N6O5S/c1-36-9-7-15(8-10-36)33-23(37)16-11-22(40-2)20(12-18(16)27)34-25-31-13-17(26(28,29)30)24(35-25)41-21-6-4-5-19(21)32-14-42(3,38)39/h11-13,15,19,21,32H,4-10,14H2,1-3H3,(H,33,37)(H,31,34,35)/t19-,21-/m1/s1. The number of halogens is 4. The Balaban J connectivity index is 1.55. The van der Waals surface area contributed by atoms with E-state index in [1.807, 2.05) is 7.05 Å². The Morgan fingerprint density at radius 1 is 1.17 bits per heavy atom. The first kappa shape index (κ1) is 31.7. The predicted octanol–water partition coefficient (Wildman–Crippen LogP) is 3.10. The highest BCUT2D eigenvalue weighted by Crippen LogP contribution is 2.38. The minimum absolute atomic E-state index is 0.0230. The molecule has 4 rings (SSSR count). The second kappa shape index (κ2) is 13.0. The Bertz CT molecular complexity index is 1390. The molecular formula is C26H34F4N6O5S. The van der Waals surface area contributed by atoms with Crippen LogP contribution in [-0.4, -0.2) is 86.8 Å². The second-order valence-corrected chi connectivity index (χ2v) is 12.7. The Hall–Kier alpha value is -3.24. The Morgan fingerprint density at radius 3 is 2.52 bits per heavy atom. The van der Waals surface area contributed by atoms with E-state index >= 15 is 4.39 Å². The minimum atomic E-state index is -4.84. The highest BCUT2D eigenvalue weighted by molar-refractivity contribution is 7.90. The van der Waals surface area contributed by atoms with Gasteiger partial charge >= 0.3 is 6.18 Å². The molecule has 1 saturated heterocycles. The molecule has 1 aromatic heterocycles. The lowest BCUT2D eigenvalue weighted by molar-refractivity contribution is -0.140. The first-order valence-corrected chi connectivity index (χ1v) is 15.5. The number of rotatable bonds is 10. The number of sulfone groups is 1. The van der Waals surface area contributed by atoms with E-state index in [0.717, 1.165) is 38.3 Å². The highest BCUT2D eigenvalue weighted by Gasteiger charge is 2.39. The molecule has 1 amide bonds. The zero-order valence-electron chi connectivity index (χ0n) is 23.4. The van der Waals surface area contributed by atoms with Gasteiger partial charge in [0, 0.05) is 30.6 Å². The SMILES string of the molecule is COc1cc(C(=O)NC2CCN(C)CC2)c(F)cc1Nc1ncc(C(F)(F)F)c(O[C@@H]2CCC[C@H]2NCS(C)(=O)=O)n1. The van der Waals surface area contributed by atoms with Gasteiger partial charge in [0.2, 0.25) is 11.8 Å². The molecule has 0 unspecified atom stereocenters. The van der Waals surface area contributed by atoms with Gasteiger partial charge < -0.3 is 25.0 Å². The van der Waals surface area contributed by atoms with Gasteiger partial charge in [-0.2, -0.15) is 18.2 Å². The average Bonchev–Trinajstić information content (AvgIpc) is 3.35. The summed E-state index contributed by atoms with van der Waals surface area (Å²) in [6.45, 7) is 1.61. The van der Waals surface area contributed by atoms with Crippen molar-refractivity contribution in [2.45, 2.75) is 56.5 Å². The van der Waals surface area contributed by atoms with Crippen molar-refractivity contribution in [3.8, 4) is 11.6 Å². The topological polar surface area (TPSA) is 135 Å². The molecule has 2 heterocycles. The maximum atomic E-state index is 15.1. The normalized spacial score (nSPS) is 20.4. The highest BCUT2D eigenvalue weighted by atomic mass is 32.2. The van der Waals surface area contributed by atoms with Gasteiger partial charge in [-0.3, -0.25) is 10.1 Å². The molecule has 1 aliphatic carbocycles. The summed E-state index contributed by atoms with van der Waals surface area (Å²) in [4.78, 5) is 22.6. The molecule has 232 valence electrons. The van der Waals surface area contributed by atoms with Gasteiger partial charge in [0.15, 0.2) is 9.84 Å². The van der Waals surface area contributed by atoms with Crippen LogP contribution in [0.1, 0.15) is 48.0 Å². The molecule has 1 aliphatic heterocycles. The van der Waals surface area contributed by atoms with Crippen LogP contribution in [0.2, 0.25) is 0 Å². The predicted molar refractivity (Wildman–Crippen MR) is 146 cm³/mol. The van der Waals surface area contributed by atoms with Crippen LogP contribution in [-0.2, 0) is 16.0 Å². The summed E-state index contributed by atoms with van der Waals surface area (Å²) < 4.78 is 90.5. The summed E-state index contributed by atoms with van der Waals surface area (Å²) in [5.41, 5.74) is -1.49. The number of benzene rings is 1. The molecule has 0 radical (unpaired) electrons. The van der Waals surface area contributed by atoms with Crippen LogP contribution in [0.5, 0.6) is 11.6 Å². The van der Waals surface area contributed by atoms with Gasteiger partial charge in [0.25, 0.3) is 5.91 Å². The molecule has 42 heavy (non-hydrogen) atoms. The van der Waals surface area contributed by atoms with Crippen molar-refractivity contribution in [3.63, 3.8) is 0 Å². The monoisotopic (exact) mass is 618 g/mol. The second-order valence-electron chi connectivity index (χ2n) is 10.6. The fourth-order valence-corrected chi connectivity index (χ4v) is 5.46. The van der Waals surface area contributed by atoms with E-state index in [9.17, 15) is 26.4 Å². The number of carbonyl (C=O) groups is 1. The zero-order valence-corrected chi connectivity index (χ0v) is 24.2. The lowest BCUT2D eigenvalue weighted by Gasteiger charge is -2.29. The lowest BCUT2D eigenvalue weighted by atomic mass is 10.0. The minimum Gasteiger partial charge on any atom is -0.495 e. The van der Waals surface area contributed by atoms with Gasteiger partial charge in [-0.1, -0.05) is 0 Å². The number of aromatic nitrogens is 2. The Morgan fingerprint density at radius 2 is 1.88 bits per heavy atom. The molecule has 2 aliphatic rings. The number of amides is 1. The van der Waals surface area contributed by atoms with Crippen molar-refractivity contribution in [1.82, 2.24) is 25.5 Å². The molecule has 1 aromatic carbocycles. The summed E-state index contributed by atoms with van der Waals surface area (Å²) >= 11 is 0. The summed E-state index contributed by atoms with van der Waals surface area (Å²) in [6.07, 6.45) is -1.07. The smallest absolute Gasteiger partial charge is 0.423 e. The number of carbonyl (C=O) groups excluding carboxylic acids is 1. The van der Waals surface area contributed by atoms with Crippen LogP contribution >= 0.6 is 0 Å². The third-order valence-corrected chi connectivity index (χ3v) is 7.91. The number of methoxy groups -OCH3 is 1. The molecule has 0 bridgehead atoms. The van der Waals surface area contributed by atoms with Crippen LogP contribution < -0.4 is 25.4 Å². The molecular weight excluding hydrogens is 584 g/mol. The van der Waals surface area contributed by atoms with Gasteiger partial charge in [-0.15, -0.1) is 0 Å². The molecule has 2 aromatic rings. The van der Waals surface area contributed by atoms with Crippen molar-refractivity contribution in [1.29, 1.82) is 0 Å². The first-order chi connectivity index (χ1) is 19.7. The number of anilines is 2. The van der Waals surface area contributed by atoms with Crippen molar-refractivity contribution in [3.05, 3.63) is 35.3 Å². The van der Waals surface area contributed by atoms with E-state index in [0.29, 0.717) is 25.5 Å². The summed E-state index contributed by atoms with van der Waals surface area (Å²) in [5, 5.41) is 8.30. The third-order valence-electron chi connectivity index (χ3n) is 7.22. The van der Waals surface area contributed by atoms with Crippen LogP contribution in [0.15, 0.2) is 18.3 Å². The molecule has 2 fully saturated rings. The van der Waals surface area contributed by atoms with Gasteiger partial charge in [-0.25, -0.2) is 17.8 Å². The van der Waals surface area contributed by atoms with Crippen LogP contribution in [0, 0.1) is 5.82 Å². The quantitative estimate of drug-likeness (QED) is 0.341. The van der Waals surface area contributed by atoms with Crippen LogP contribution in [0.3, 0.4) is 0 Å². The number of alkyl halides is 3. The van der Waals surface area contributed by atoms with Crippen LogP contribution in [0.4, 0.5) is 29.2 Å². The van der Waals surface area contributed by atoms with Crippen molar-refractivity contribution >= 4 is 27.4 Å². The summed E-state index contributed by atoms with van der Waals surface area (Å²) in [6, 6.07) is 1.57. The molecule has 1 saturated carbocycles. The molecule has 0 spiro atoms. The Labute approximate surface area is 241 Å². The van der Waals surface area contributed by atoms with E-state index in [-0.39, 0.29) is 34.9 Å². The molecule has 16 heteroatoms.